The molecule has 0 aromatic carbocycles. The molecular weight excluding hydrogens is 204 g/mol. The minimum atomic E-state index is -3.72. The lowest BCUT2D eigenvalue weighted by Crippen LogP contribution is -1.94. The van der Waals surface area contributed by atoms with E-state index >= 15 is 0 Å². The third kappa shape index (κ3) is 1.07. The Morgan fingerprint density at radius 3 is 3.08 bits per heavy atom. The van der Waals surface area contributed by atoms with Gasteiger partial charge in [0.15, 0.2) is 4.90 Å². The van der Waals surface area contributed by atoms with Crippen LogP contribution in [0.2, 0.25) is 0 Å². The highest BCUT2D eigenvalue weighted by Gasteiger charge is 2.25. The van der Waals surface area contributed by atoms with Gasteiger partial charge in [-0.3, -0.25) is 0 Å². The second-order valence-electron chi connectivity index (χ2n) is 2.32. The average Bonchev–Trinajstić information content (AvgIpc) is 2.37. The smallest absolute Gasteiger partial charge is 0.268 e. The van der Waals surface area contributed by atoms with Crippen molar-refractivity contribution in [2.45, 2.75) is 11.4 Å². The molecule has 7 heteroatoms. The Morgan fingerprint density at radius 1 is 1.67 bits per heavy atom. The summed E-state index contributed by atoms with van der Waals surface area (Å²) in [5.41, 5.74) is 0. The van der Waals surface area contributed by atoms with E-state index < -0.39 is 9.05 Å². The van der Waals surface area contributed by atoms with Crippen molar-refractivity contribution in [2.24, 2.45) is 0 Å². The van der Waals surface area contributed by atoms with Crippen LogP contribution in [0.5, 0.6) is 5.88 Å². The molecule has 0 saturated carbocycles. The summed E-state index contributed by atoms with van der Waals surface area (Å²) in [5.74, 6) is 0.241. The summed E-state index contributed by atoms with van der Waals surface area (Å²) < 4.78 is 28.3. The van der Waals surface area contributed by atoms with E-state index in [1.54, 1.807) is 0 Å². The van der Waals surface area contributed by atoms with Crippen LogP contribution in [0.3, 0.4) is 0 Å². The first-order valence-corrected chi connectivity index (χ1v) is 5.53. The Labute approximate surface area is 73.3 Å². The predicted molar refractivity (Wildman–Crippen MR) is 40.8 cm³/mol. The summed E-state index contributed by atoms with van der Waals surface area (Å²) >= 11 is 0. The van der Waals surface area contributed by atoms with Gasteiger partial charge in [0.2, 0.25) is 5.88 Å². The first-order chi connectivity index (χ1) is 5.59. The highest BCUT2D eigenvalue weighted by atomic mass is 35.7. The highest BCUT2D eigenvalue weighted by Crippen LogP contribution is 2.29. The zero-order chi connectivity index (χ0) is 8.77. The fraction of sp³-hybridized carbons (Fsp3) is 0.400. The quantitative estimate of drug-likeness (QED) is 0.619. The van der Waals surface area contributed by atoms with Gasteiger partial charge in [0.1, 0.15) is 6.61 Å². The summed E-state index contributed by atoms with van der Waals surface area (Å²) in [6.07, 6.45) is 1.19. The molecule has 2 rings (SSSR count). The van der Waals surface area contributed by atoms with Crippen LogP contribution in [0.25, 0.3) is 0 Å². The van der Waals surface area contributed by atoms with Crippen molar-refractivity contribution in [1.29, 1.82) is 0 Å². The lowest BCUT2D eigenvalue weighted by atomic mass is 10.7. The molecule has 0 aliphatic carbocycles. The van der Waals surface area contributed by atoms with Crippen LogP contribution in [0.15, 0.2) is 11.1 Å². The molecule has 0 bridgehead atoms. The number of fused-ring (bicyclic) bond motifs is 1. The molecule has 1 aliphatic heterocycles. The first-order valence-electron chi connectivity index (χ1n) is 3.22. The fourth-order valence-electron chi connectivity index (χ4n) is 1.06. The number of halogens is 1. The Balaban J connectivity index is 2.61. The van der Waals surface area contributed by atoms with Crippen LogP contribution in [0, 0.1) is 0 Å². The van der Waals surface area contributed by atoms with Gasteiger partial charge in [-0.15, -0.1) is 0 Å². The maximum Gasteiger partial charge on any atom is 0.268 e. The van der Waals surface area contributed by atoms with Gasteiger partial charge in [0, 0.05) is 10.7 Å². The van der Waals surface area contributed by atoms with Gasteiger partial charge < -0.3 is 4.74 Å². The number of rotatable bonds is 1. The molecule has 5 nitrogen and oxygen atoms in total. The van der Waals surface area contributed by atoms with Crippen molar-refractivity contribution < 1.29 is 13.2 Å². The molecular formula is C5H5ClN2O3S. The zero-order valence-electron chi connectivity index (χ0n) is 5.90. The van der Waals surface area contributed by atoms with E-state index in [2.05, 4.69) is 5.10 Å². The molecule has 0 fully saturated rings. The highest BCUT2D eigenvalue weighted by molar-refractivity contribution is 8.13. The van der Waals surface area contributed by atoms with E-state index in [4.69, 9.17) is 15.4 Å². The number of nitrogens with zero attached hydrogens (tertiary/aromatic N) is 2. The molecule has 1 aliphatic rings. The van der Waals surface area contributed by atoms with Crippen molar-refractivity contribution in [3.8, 4) is 5.88 Å². The van der Waals surface area contributed by atoms with Crippen LogP contribution in [0.1, 0.15) is 0 Å². The zero-order valence-corrected chi connectivity index (χ0v) is 7.47. The lowest BCUT2D eigenvalue weighted by Gasteiger charge is -1.94. The molecule has 66 valence electrons. The van der Waals surface area contributed by atoms with Gasteiger partial charge in [-0.1, -0.05) is 0 Å². The van der Waals surface area contributed by atoms with Gasteiger partial charge in [-0.05, 0) is 0 Å². The molecule has 12 heavy (non-hydrogen) atoms. The summed E-state index contributed by atoms with van der Waals surface area (Å²) in [7, 11) is 1.40. The third-order valence-electron chi connectivity index (χ3n) is 1.56. The van der Waals surface area contributed by atoms with E-state index in [0.717, 1.165) is 0 Å². The van der Waals surface area contributed by atoms with Gasteiger partial charge in [-0.2, -0.15) is 5.10 Å². The molecule has 0 unspecified atom stereocenters. The monoisotopic (exact) mass is 208 g/mol. The SMILES string of the molecule is O=S(=O)(Cl)c1cnn2c1OCC2. The second-order valence-corrected chi connectivity index (χ2v) is 4.86. The molecule has 1 aromatic heterocycles. The van der Waals surface area contributed by atoms with Crippen LogP contribution < -0.4 is 4.74 Å². The molecule has 0 spiro atoms. The van der Waals surface area contributed by atoms with Crippen molar-refractivity contribution in [3.63, 3.8) is 0 Å². The van der Waals surface area contributed by atoms with E-state index in [0.29, 0.717) is 13.2 Å². The summed E-state index contributed by atoms with van der Waals surface area (Å²) in [6.45, 7) is 1.02. The molecule has 0 amide bonds. The lowest BCUT2D eigenvalue weighted by molar-refractivity contribution is 0.349. The van der Waals surface area contributed by atoms with Crippen LogP contribution in [0.4, 0.5) is 0 Å². The number of ether oxygens (including phenoxy) is 1. The van der Waals surface area contributed by atoms with Crippen molar-refractivity contribution in [1.82, 2.24) is 9.78 Å². The fourth-order valence-corrected chi connectivity index (χ4v) is 1.92. The maximum atomic E-state index is 10.9. The number of aromatic nitrogens is 2. The first kappa shape index (κ1) is 7.88. The topological polar surface area (TPSA) is 61.2 Å². The van der Waals surface area contributed by atoms with E-state index in [1.807, 2.05) is 0 Å². The Kier molecular flexibility index (Phi) is 1.55. The van der Waals surface area contributed by atoms with Crippen molar-refractivity contribution >= 4 is 19.7 Å². The maximum absolute atomic E-state index is 10.9. The Hall–Kier alpha value is -0.750. The second kappa shape index (κ2) is 2.37. The minimum Gasteiger partial charge on any atom is -0.475 e. The van der Waals surface area contributed by atoms with Crippen molar-refractivity contribution in [3.05, 3.63) is 6.20 Å². The predicted octanol–water partition coefficient (Wildman–Crippen LogP) is 0.203. The number of hydrogen-bond donors (Lipinski definition) is 0. The minimum absolute atomic E-state index is 0.0540. The van der Waals surface area contributed by atoms with Gasteiger partial charge in [-0.25, -0.2) is 13.1 Å². The third-order valence-corrected chi connectivity index (χ3v) is 2.87. The van der Waals surface area contributed by atoms with E-state index in [-0.39, 0.29) is 10.8 Å². The molecule has 0 radical (unpaired) electrons. The summed E-state index contributed by atoms with van der Waals surface area (Å²) in [6, 6.07) is 0. The Bertz CT molecular complexity index is 410. The standard InChI is InChI=1S/C5H5ClN2O3S/c6-12(9,10)4-3-7-8-1-2-11-5(4)8/h3H,1-2H2. The summed E-state index contributed by atoms with van der Waals surface area (Å²) in [5, 5.41) is 3.79. The molecule has 0 atom stereocenters. The molecule has 1 aromatic rings. The molecule has 0 saturated heterocycles. The largest absolute Gasteiger partial charge is 0.475 e. The van der Waals surface area contributed by atoms with E-state index in [1.165, 1.54) is 10.9 Å². The number of hydrogen-bond acceptors (Lipinski definition) is 4. The Morgan fingerprint density at radius 2 is 2.42 bits per heavy atom. The normalized spacial score (nSPS) is 15.8. The molecule has 0 N–H and O–H groups in total. The van der Waals surface area contributed by atoms with Gasteiger partial charge in [0.05, 0.1) is 12.7 Å². The van der Waals surface area contributed by atoms with Gasteiger partial charge in [0.25, 0.3) is 9.05 Å². The van der Waals surface area contributed by atoms with Crippen molar-refractivity contribution in [2.75, 3.05) is 6.61 Å². The molecule has 2 heterocycles. The van der Waals surface area contributed by atoms with Crippen LogP contribution in [-0.4, -0.2) is 24.8 Å². The van der Waals surface area contributed by atoms with Gasteiger partial charge >= 0.3 is 0 Å². The van der Waals surface area contributed by atoms with E-state index in [9.17, 15) is 8.42 Å². The van der Waals surface area contributed by atoms with Crippen LogP contribution >= 0.6 is 10.7 Å². The average molecular weight is 209 g/mol. The van der Waals surface area contributed by atoms with Crippen LogP contribution in [-0.2, 0) is 15.6 Å². The summed E-state index contributed by atoms with van der Waals surface area (Å²) in [4.78, 5) is -0.0540.